The van der Waals surface area contributed by atoms with Gasteiger partial charge in [-0.3, -0.25) is 0 Å². The van der Waals surface area contributed by atoms with Crippen LogP contribution in [-0.2, 0) is 5.54 Å². The van der Waals surface area contributed by atoms with Gasteiger partial charge >= 0.3 is 0 Å². The molecule has 1 aliphatic heterocycles. The molecule has 2 aromatic rings. The Hall–Kier alpha value is -1.27. The lowest BCUT2D eigenvalue weighted by Crippen LogP contribution is -2.36. The molecule has 1 fully saturated rings. The van der Waals surface area contributed by atoms with Gasteiger partial charge < -0.3 is 9.84 Å². The molecule has 0 amide bonds. The van der Waals surface area contributed by atoms with Crippen molar-refractivity contribution in [2.75, 3.05) is 6.54 Å². The lowest BCUT2D eigenvalue weighted by Gasteiger charge is -2.22. The third-order valence-electron chi connectivity index (χ3n) is 3.80. The average Bonchev–Trinajstić information content (AvgIpc) is 3.07. The fourth-order valence-electron chi connectivity index (χ4n) is 2.66. The molecule has 1 unspecified atom stereocenters. The van der Waals surface area contributed by atoms with Gasteiger partial charge in [0.25, 0.3) is 0 Å². The van der Waals surface area contributed by atoms with Gasteiger partial charge in [-0.15, -0.1) is 0 Å². The molecule has 1 saturated heterocycles. The predicted molar refractivity (Wildman–Crippen MR) is 76.6 cm³/mol. The second kappa shape index (κ2) is 5.26. The van der Waals surface area contributed by atoms with E-state index in [4.69, 9.17) is 4.52 Å². The molecule has 2 heterocycles. The van der Waals surface area contributed by atoms with Crippen LogP contribution < -0.4 is 5.32 Å². The first-order chi connectivity index (χ1) is 9.63. The number of aromatic nitrogens is 2. The number of nitrogens with zero attached hydrogens (tertiary/aromatic N) is 2. The molecule has 4 nitrogen and oxygen atoms in total. The van der Waals surface area contributed by atoms with Crippen LogP contribution in [-0.4, -0.2) is 16.7 Å². The summed E-state index contributed by atoms with van der Waals surface area (Å²) in [5.41, 5.74) is 0.381. The number of benzene rings is 1. The lowest BCUT2D eigenvalue weighted by molar-refractivity contribution is 0.250. The van der Waals surface area contributed by atoms with Crippen LogP contribution in [0.4, 0.5) is 4.39 Å². The summed E-state index contributed by atoms with van der Waals surface area (Å²) in [5.74, 6) is 0.680. The number of halogens is 2. The zero-order valence-electron chi connectivity index (χ0n) is 11.1. The van der Waals surface area contributed by atoms with Crippen LogP contribution in [0.3, 0.4) is 0 Å². The van der Waals surface area contributed by atoms with Crippen LogP contribution in [0.2, 0.25) is 0 Å². The van der Waals surface area contributed by atoms with Gasteiger partial charge in [-0.1, -0.05) is 28.0 Å². The van der Waals surface area contributed by atoms with E-state index in [-0.39, 0.29) is 11.4 Å². The number of hydrogen-bond acceptors (Lipinski definition) is 4. The molecule has 20 heavy (non-hydrogen) atoms. The van der Waals surface area contributed by atoms with Gasteiger partial charge in [-0.25, -0.2) is 4.39 Å². The number of nitrogens with one attached hydrogen (secondary N) is 1. The monoisotopic (exact) mass is 339 g/mol. The molecular weight excluding hydrogens is 325 g/mol. The average molecular weight is 340 g/mol. The topological polar surface area (TPSA) is 51.0 Å². The van der Waals surface area contributed by atoms with E-state index >= 15 is 0 Å². The van der Waals surface area contributed by atoms with Gasteiger partial charge in [0.15, 0.2) is 0 Å². The van der Waals surface area contributed by atoms with Gasteiger partial charge in [0.2, 0.25) is 11.7 Å². The van der Waals surface area contributed by atoms with Crippen molar-refractivity contribution < 1.29 is 8.91 Å². The van der Waals surface area contributed by atoms with Gasteiger partial charge in [-0.05, 0) is 44.0 Å². The van der Waals surface area contributed by atoms with Crippen LogP contribution in [0.1, 0.15) is 32.1 Å². The van der Waals surface area contributed by atoms with Crippen molar-refractivity contribution in [2.24, 2.45) is 0 Å². The van der Waals surface area contributed by atoms with Gasteiger partial charge in [0, 0.05) is 10.0 Å². The zero-order valence-corrected chi connectivity index (χ0v) is 12.7. The fraction of sp³-hybridized carbons (Fsp3) is 0.429. The van der Waals surface area contributed by atoms with E-state index in [1.54, 1.807) is 6.07 Å². The van der Waals surface area contributed by atoms with Crippen LogP contribution in [0.5, 0.6) is 0 Å². The molecule has 0 radical (unpaired) electrons. The maximum absolute atomic E-state index is 13.4. The standard InChI is InChI=1S/C14H15BrFN3O/c1-2-14(4-3-5-17-14)13-18-12(19-20-13)9-6-10(15)8-11(16)7-9/h6-8,17H,2-5H2,1H3. The lowest BCUT2D eigenvalue weighted by atomic mass is 9.94. The molecule has 0 aliphatic carbocycles. The maximum Gasteiger partial charge on any atom is 0.247 e. The zero-order chi connectivity index (χ0) is 14.2. The van der Waals surface area contributed by atoms with Crippen LogP contribution >= 0.6 is 15.9 Å². The second-order valence-corrected chi connectivity index (χ2v) is 5.96. The largest absolute Gasteiger partial charge is 0.337 e. The van der Waals surface area contributed by atoms with Crippen molar-refractivity contribution in [3.63, 3.8) is 0 Å². The van der Waals surface area contributed by atoms with E-state index in [9.17, 15) is 4.39 Å². The smallest absolute Gasteiger partial charge is 0.247 e. The molecule has 1 N–H and O–H groups in total. The molecule has 1 aromatic heterocycles. The summed E-state index contributed by atoms with van der Waals surface area (Å²) >= 11 is 3.27. The fourth-order valence-corrected chi connectivity index (χ4v) is 3.13. The summed E-state index contributed by atoms with van der Waals surface area (Å²) < 4.78 is 19.5. The van der Waals surface area contributed by atoms with Crippen LogP contribution in [0.15, 0.2) is 27.2 Å². The summed E-state index contributed by atoms with van der Waals surface area (Å²) in [5, 5.41) is 7.44. The Bertz CT molecular complexity index is 602. The molecule has 3 rings (SSSR count). The van der Waals surface area contributed by atoms with E-state index in [2.05, 4.69) is 38.3 Å². The molecule has 0 spiro atoms. The Morgan fingerprint density at radius 2 is 2.30 bits per heavy atom. The van der Waals surface area contributed by atoms with Gasteiger partial charge in [0.05, 0.1) is 5.54 Å². The van der Waals surface area contributed by atoms with E-state index in [1.807, 2.05) is 0 Å². The molecular formula is C14H15BrFN3O. The number of hydrogen-bond donors (Lipinski definition) is 1. The van der Waals surface area contributed by atoms with Crippen molar-refractivity contribution in [3.8, 4) is 11.4 Å². The van der Waals surface area contributed by atoms with Gasteiger partial charge in [0.1, 0.15) is 5.82 Å². The molecule has 0 bridgehead atoms. The molecule has 106 valence electrons. The van der Waals surface area contributed by atoms with E-state index in [1.165, 1.54) is 12.1 Å². The Labute approximate surface area is 124 Å². The highest BCUT2D eigenvalue weighted by Crippen LogP contribution is 2.34. The second-order valence-electron chi connectivity index (χ2n) is 5.05. The van der Waals surface area contributed by atoms with Crippen molar-refractivity contribution in [2.45, 2.75) is 31.7 Å². The normalized spacial score (nSPS) is 22.4. The molecule has 1 atom stereocenters. The van der Waals surface area contributed by atoms with Crippen molar-refractivity contribution in [3.05, 3.63) is 34.4 Å². The molecule has 0 saturated carbocycles. The summed E-state index contributed by atoms with van der Waals surface area (Å²) in [6.45, 7) is 3.05. The molecule has 1 aromatic carbocycles. The minimum atomic E-state index is -0.329. The van der Waals surface area contributed by atoms with Gasteiger partial charge in [-0.2, -0.15) is 4.98 Å². The van der Waals surface area contributed by atoms with E-state index < -0.39 is 0 Å². The van der Waals surface area contributed by atoms with Crippen molar-refractivity contribution >= 4 is 15.9 Å². The van der Waals surface area contributed by atoms with Crippen molar-refractivity contribution in [1.29, 1.82) is 0 Å². The summed E-state index contributed by atoms with van der Waals surface area (Å²) in [7, 11) is 0. The highest BCUT2D eigenvalue weighted by molar-refractivity contribution is 9.10. The minimum absolute atomic E-state index is 0.226. The maximum atomic E-state index is 13.4. The Morgan fingerprint density at radius 3 is 2.95 bits per heavy atom. The SMILES string of the molecule is CCC1(c2nc(-c3cc(F)cc(Br)c3)no2)CCCN1. The quantitative estimate of drug-likeness (QED) is 0.927. The van der Waals surface area contributed by atoms with Crippen LogP contribution in [0, 0.1) is 5.82 Å². The summed E-state index contributed by atoms with van der Waals surface area (Å²) in [4.78, 5) is 4.46. The first kappa shape index (κ1) is 13.7. The van der Waals surface area contributed by atoms with Crippen LogP contribution in [0.25, 0.3) is 11.4 Å². The highest BCUT2D eigenvalue weighted by atomic mass is 79.9. The molecule has 1 aliphatic rings. The van der Waals surface area contributed by atoms with Crippen molar-refractivity contribution in [1.82, 2.24) is 15.5 Å². The Balaban J connectivity index is 1.97. The first-order valence-electron chi connectivity index (χ1n) is 6.69. The number of rotatable bonds is 3. The van der Waals surface area contributed by atoms with E-state index in [0.717, 1.165) is 25.8 Å². The molecule has 6 heteroatoms. The highest BCUT2D eigenvalue weighted by Gasteiger charge is 2.38. The Morgan fingerprint density at radius 1 is 1.45 bits per heavy atom. The first-order valence-corrected chi connectivity index (χ1v) is 7.48. The summed E-state index contributed by atoms with van der Waals surface area (Å²) in [6.07, 6.45) is 2.97. The Kier molecular flexibility index (Phi) is 3.60. The predicted octanol–water partition coefficient (Wildman–Crippen LogP) is 3.63. The minimum Gasteiger partial charge on any atom is -0.337 e. The summed E-state index contributed by atoms with van der Waals surface area (Å²) in [6, 6.07) is 4.58. The van der Waals surface area contributed by atoms with E-state index in [0.29, 0.717) is 21.8 Å². The third-order valence-corrected chi connectivity index (χ3v) is 4.26. The third kappa shape index (κ3) is 2.38.